The van der Waals surface area contributed by atoms with Gasteiger partial charge in [-0.15, -0.1) is 0 Å². The molecule has 0 aliphatic carbocycles. The molecule has 0 atom stereocenters. The van der Waals surface area contributed by atoms with Gasteiger partial charge in [0.1, 0.15) is 0 Å². The first-order valence-electron chi connectivity index (χ1n) is 4.97. The van der Waals surface area contributed by atoms with Crippen molar-refractivity contribution in [3.05, 3.63) is 34.3 Å². The molecular formula is C12H17NO2. The highest BCUT2D eigenvalue weighted by Crippen LogP contribution is 2.22. The highest BCUT2D eigenvalue weighted by atomic mass is 16.3. The Morgan fingerprint density at radius 2 is 2.07 bits per heavy atom. The number of aryl methyl sites for hydroxylation is 1. The van der Waals surface area contributed by atoms with Crippen molar-refractivity contribution in [1.29, 1.82) is 0 Å². The summed E-state index contributed by atoms with van der Waals surface area (Å²) in [6.45, 7) is 11.2. The van der Waals surface area contributed by atoms with Crippen molar-refractivity contribution in [2.24, 2.45) is 0 Å². The Bertz CT molecular complexity index is 455. The van der Waals surface area contributed by atoms with Gasteiger partial charge in [-0.05, 0) is 39.3 Å². The van der Waals surface area contributed by atoms with Gasteiger partial charge in [0, 0.05) is 17.3 Å². The fourth-order valence-corrected chi connectivity index (χ4v) is 1.70. The van der Waals surface area contributed by atoms with Gasteiger partial charge in [-0.25, -0.2) is 0 Å². The van der Waals surface area contributed by atoms with Crippen LogP contribution >= 0.6 is 0 Å². The van der Waals surface area contributed by atoms with E-state index in [9.17, 15) is 9.90 Å². The van der Waals surface area contributed by atoms with Crippen molar-refractivity contribution in [3.8, 4) is 5.75 Å². The second kappa shape index (κ2) is 3.93. The molecule has 0 aliphatic rings. The van der Waals surface area contributed by atoms with Gasteiger partial charge in [0.25, 0.3) is 5.56 Å². The number of aromatic nitrogens is 1. The van der Waals surface area contributed by atoms with E-state index in [1.54, 1.807) is 17.6 Å². The molecule has 0 saturated heterocycles. The summed E-state index contributed by atoms with van der Waals surface area (Å²) in [5, 5.41) is 9.73. The third kappa shape index (κ3) is 1.96. The lowest BCUT2D eigenvalue weighted by atomic mass is 10.1. The lowest BCUT2D eigenvalue weighted by molar-refractivity contribution is 0.444. The van der Waals surface area contributed by atoms with Gasteiger partial charge in [0.05, 0.1) is 0 Å². The lowest BCUT2D eigenvalue weighted by Gasteiger charge is -2.16. The molecule has 0 saturated carbocycles. The average molecular weight is 207 g/mol. The van der Waals surface area contributed by atoms with E-state index < -0.39 is 0 Å². The predicted molar refractivity (Wildman–Crippen MR) is 62.2 cm³/mol. The Kier molecular flexibility index (Phi) is 3.03. The van der Waals surface area contributed by atoms with E-state index in [1.807, 2.05) is 20.8 Å². The van der Waals surface area contributed by atoms with Crippen molar-refractivity contribution < 1.29 is 5.11 Å². The Balaban J connectivity index is 3.59. The Hall–Kier alpha value is -1.51. The normalized spacial score (nSPS) is 10.7. The van der Waals surface area contributed by atoms with Crippen molar-refractivity contribution >= 4 is 5.57 Å². The quantitative estimate of drug-likeness (QED) is 0.809. The van der Waals surface area contributed by atoms with Gasteiger partial charge < -0.3 is 9.67 Å². The number of hydrogen-bond acceptors (Lipinski definition) is 2. The number of pyridine rings is 1. The average Bonchev–Trinajstić information content (AvgIpc) is 2.10. The Labute approximate surface area is 89.7 Å². The van der Waals surface area contributed by atoms with Crippen LogP contribution in [0, 0.1) is 6.92 Å². The molecule has 0 aromatic carbocycles. The Morgan fingerprint density at radius 1 is 1.53 bits per heavy atom. The minimum Gasteiger partial charge on any atom is -0.503 e. The molecular weight excluding hydrogens is 190 g/mol. The summed E-state index contributed by atoms with van der Waals surface area (Å²) in [6.07, 6.45) is 0. The molecule has 0 spiro atoms. The van der Waals surface area contributed by atoms with Gasteiger partial charge >= 0.3 is 0 Å². The van der Waals surface area contributed by atoms with Crippen LogP contribution in [-0.4, -0.2) is 9.67 Å². The van der Waals surface area contributed by atoms with Crippen LogP contribution in [-0.2, 0) is 0 Å². The van der Waals surface area contributed by atoms with Crippen LogP contribution in [0.25, 0.3) is 5.57 Å². The number of hydrogen-bond donors (Lipinski definition) is 1. The first-order valence-corrected chi connectivity index (χ1v) is 4.97. The molecule has 0 unspecified atom stereocenters. The lowest BCUT2D eigenvalue weighted by Crippen LogP contribution is -2.24. The standard InChI is InChI=1S/C12H17NO2/c1-7(2)10-6-9(5)13(8(3)4)12(15)11(10)14/h6,8,14H,1H2,2-5H3. The van der Waals surface area contributed by atoms with Gasteiger partial charge in [0.15, 0.2) is 5.75 Å². The molecule has 0 amide bonds. The smallest absolute Gasteiger partial charge is 0.293 e. The van der Waals surface area contributed by atoms with E-state index in [0.29, 0.717) is 11.1 Å². The maximum atomic E-state index is 11.8. The molecule has 15 heavy (non-hydrogen) atoms. The zero-order valence-electron chi connectivity index (χ0n) is 9.66. The molecule has 0 radical (unpaired) electrons. The Morgan fingerprint density at radius 3 is 2.47 bits per heavy atom. The zero-order valence-corrected chi connectivity index (χ0v) is 9.66. The fourth-order valence-electron chi connectivity index (χ4n) is 1.70. The summed E-state index contributed by atoms with van der Waals surface area (Å²) in [5.74, 6) is -0.207. The molecule has 1 rings (SSSR count). The number of allylic oxidation sites excluding steroid dienone is 1. The van der Waals surface area contributed by atoms with Gasteiger partial charge in [-0.1, -0.05) is 6.58 Å². The maximum absolute atomic E-state index is 11.8. The highest BCUT2D eigenvalue weighted by Gasteiger charge is 2.13. The largest absolute Gasteiger partial charge is 0.503 e. The number of rotatable bonds is 2. The summed E-state index contributed by atoms with van der Waals surface area (Å²) in [7, 11) is 0. The molecule has 82 valence electrons. The molecule has 1 aromatic heterocycles. The van der Waals surface area contributed by atoms with Crippen LogP contribution in [0.1, 0.15) is 38.1 Å². The van der Waals surface area contributed by atoms with E-state index in [0.717, 1.165) is 5.69 Å². The van der Waals surface area contributed by atoms with Crippen molar-refractivity contribution in [2.75, 3.05) is 0 Å². The maximum Gasteiger partial charge on any atom is 0.293 e. The molecule has 1 heterocycles. The molecule has 3 heteroatoms. The summed E-state index contributed by atoms with van der Waals surface area (Å²) in [5.41, 5.74) is 1.73. The zero-order chi connectivity index (χ0) is 11.7. The number of nitrogens with zero attached hydrogens (tertiary/aromatic N) is 1. The molecule has 0 aliphatic heterocycles. The molecule has 0 fully saturated rings. The minimum atomic E-state index is -0.344. The van der Waals surface area contributed by atoms with Crippen LogP contribution in [0.15, 0.2) is 17.4 Å². The van der Waals surface area contributed by atoms with Crippen molar-refractivity contribution in [1.82, 2.24) is 4.57 Å². The van der Waals surface area contributed by atoms with Crippen molar-refractivity contribution in [3.63, 3.8) is 0 Å². The predicted octanol–water partition coefficient (Wildman–Crippen LogP) is 2.48. The van der Waals surface area contributed by atoms with Crippen LogP contribution < -0.4 is 5.56 Å². The van der Waals surface area contributed by atoms with E-state index in [2.05, 4.69) is 6.58 Å². The number of aromatic hydroxyl groups is 1. The second-order valence-corrected chi connectivity index (χ2v) is 4.10. The van der Waals surface area contributed by atoms with Crippen LogP contribution in [0.2, 0.25) is 0 Å². The van der Waals surface area contributed by atoms with E-state index in [4.69, 9.17) is 0 Å². The first-order chi connectivity index (χ1) is 6.86. The van der Waals surface area contributed by atoms with E-state index >= 15 is 0 Å². The second-order valence-electron chi connectivity index (χ2n) is 4.10. The minimum absolute atomic E-state index is 0.0440. The molecule has 3 nitrogen and oxygen atoms in total. The summed E-state index contributed by atoms with van der Waals surface area (Å²) in [6, 6.07) is 1.83. The highest BCUT2D eigenvalue weighted by molar-refractivity contribution is 5.66. The summed E-state index contributed by atoms with van der Waals surface area (Å²) in [4.78, 5) is 11.8. The monoisotopic (exact) mass is 207 g/mol. The topological polar surface area (TPSA) is 42.2 Å². The van der Waals surface area contributed by atoms with Crippen molar-refractivity contribution in [2.45, 2.75) is 33.7 Å². The van der Waals surface area contributed by atoms with Crippen LogP contribution in [0.3, 0.4) is 0 Å². The van der Waals surface area contributed by atoms with Crippen LogP contribution in [0.4, 0.5) is 0 Å². The van der Waals surface area contributed by atoms with E-state index in [-0.39, 0.29) is 17.4 Å². The van der Waals surface area contributed by atoms with Crippen LogP contribution in [0.5, 0.6) is 5.75 Å². The van der Waals surface area contributed by atoms with Gasteiger partial charge in [-0.3, -0.25) is 4.79 Å². The SMILES string of the molecule is C=C(C)c1cc(C)n(C(C)C)c(=O)c1O. The third-order valence-corrected chi connectivity index (χ3v) is 2.39. The molecule has 1 aromatic rings. The first kappa shape index (κ1) is 11.6. The van der Waals surface area contributed by atoms with E-state index in [1.165, 1.54) is 0 Å². The molecule has 1 N–H and O–H groups in total. The molecule has 0 bridgehead atoms. The third-order valence-electron chi connectivity index (χ3n) is 2.39. The van der Waals surface area contributed by atoms with Gasteiger partial charge in [0.2, 0.25) is 0 Å². The summed E-state index contributed by atoms with van der Waals surface area (Å²) < 4.78 is 1.57. The fraction of sp³-hybridized carbons (Fsp3) is 0.417. The summed E-state index contributed by atoms with van der Waals surface area (Å²) >= 11 is 0. The van der Waals surface area contributed by atoms with Gasteiger partial charge in [-0.2, -0.15) is 0 Å².